The Morgan fingerprint density at radius 2 is 1.65 bits per heavy atom. The van der Waals surface area contributed by atoms with E-state index in [1.165, 1.54) is 5.56 Å². The number of nitrogens with zero attached hydrogens (tertiary/aromatic N) is 3. The third-order valence-corrected chi connectivity index (χ3v) is 4.74. The van der Waals surface area contributed by atoms with Crippen molar-refractivity contribution in [3.8, 4) is 11.6 Å². The van der Waals surface area contributed by atoms with Crippen LogP contribution in [0.1, 0.15) is 29.8 Å². The van der Waals surface area contributed by atoms with Gasteiger partial charge in [0, 0.05) is 17.3 Å². The van der Waals surface area contributed by atoms with Crippen molar-refractivity contribution in [3.05, 3.63) is 75.9 Å². The molecule has 0 radical (unpaired) electrons. The van der Waals surface area contributed by atoms with Crippen LogP contribution in [0.25, 0.3) is 0 Å². The van der Waals surface area contributed by atoms with E-state index in [1.807, 2.05) is 37.4 Å². The number of benzene rings is 1. The van der Waals surface area contributed by atoms with Gasteiger partial charge in [0.2, 0.25) is 5.88 Å². The second-order valence-electron chi connectivity index (χ2n) is 5.99. The highest BCUT2D eigenvalue weighted by Crippen LogP contribution is 2.22. The van der Waals surface area contributed by atoms with Crippen LogP contribution in [0.5, 0.6) is 11.6 Å². The number of aromatic nitrogens is 3. The van der Waals surface area contributed by atoms with Gasteiger partial charge in [-0.2, -0.15) is 0 Å². The van der Waals surface area contributed by atoms with E-state index in [9.17, 15) is 0 Å². The third kappa shape index (κ3) is 5.16. The number of ether oxygens (including phenoxy) is 1. The van der Waals surface area contributed by atoms with Crippen molar-refractivity contribution in [1.82, 2.24) is 15.0 Å². The standard InChI is InChI=1S/C20H19Cl2N3O/c1-14-20(22)18(25-13-24-14)5-3-2-4-15-6-11-19(23-12-15)26-17-9-7-16(21)8-10-17/h6-13H,2-5H2,1H3. The lowest BCUT2D eigenvalue weighted by atomic mass is 10.1. The molecule has 134 valence electrons. The maximum absolute atomic E-state index is 6.23. The molecule has 0 saturated carbocycles. The van der Waals surface area contributed by atoms with Crippen LogP contribution in [0.3, 0.4) is 0 Å². The van der Waals surface area contributed by atoms with Crippen molar-refractivity contribution < 1.29 is 4.74 Å². The van der Waals surface area contributed by atoms with Gasteiger partial charge in [-0.15, -0.1) is 0 Å². The van der Waals surface area contributed by atoms with Crippen LogP contribution >= 0.6 is 23.2 Å². The minimum atomic E-state index is 0.569. The van der Waals surface area contributed by atoms with E-state index in [0.29, 0.717) is 21.7 Å². The van der Waals surface area contributed by atoms with Crippen molar-refractivity contribution in [2.75, 3.05) is 0 Å². The lowest BCUT2D eigenvalue weighted by Crippen LogP contribution is -1.97. The van der Waals surface area contributed by atoms with Gasteiger partial charge in [0.1, 0.15) is 12.1 Å². The molecular formula is C20H19Cl2N3O. The predicted octanol–water partition coefficient (Wildman–Crippen LogP) is 5.84. The van der Waals surface area contributed by atoms with Gasteiger partial charge in [0.15, 0.2) is 0 Å². The number of aryl methyl sites for hydroxylation is 3. The number of pyridine rings is 1. The molecule has 3 rings (SSSR count). The highest BCUT2D eigenvalue weighted by Gasteiger charge is 2.06. The van der Waals surface area contributed by atoms with E-state index >= 15 is 0 Å². The Hall–Kier alpha value is -2.17. The van der Waals surface area contributed by atoms with Crippen molar-refractivity contribution in [2.45, 2.75) is 32.6 Å². The first-order chi connectivity index (χ1) is 12.6. The molecule has 0 aliphatic carbocycles. The van der Waals surface area contributed by atoms with E-state index in [2.05, 4.69) is 15.0 Å². The summed E-state index contributed by atoms with van der Waals surface area (Å²) in [6.45, 7) is 1.90. The second-order valence-corrected chi connectivity index (χ2v) is 6.80. The summed E-state index contributed by atoms with van der Waals surface area (Å²) in [7, 11) is 0. The monoisotopic (exact) mass is 387 g/mol. The Balaban J connectivity index is 1.47. The molecular weight excluding hydrogens is 369 g/mol. The largest absolute Gasteiger partial charge is 0.439 e. The molecule has 0 unspecified atom stereocenters. The second kappa shape index (κ2) is 8.97. The molecule has 0 aliphatic heterocycles. The zero-order chi connectivity index (χ0) is 18.4. The van der Waals surface area contributed by atoms with Crippen molar-refractivity contribution in [3.63, 3.8) is 0 Å². The first kappa shape index (κ1) is 18.6. The Morgan fingerprint density at radius 3 is 2.38 bits per heavy atom. The number of unbranched alkanes of at least 4 members (excludes halogenated alkanes) is 1. The van der Waals surface area contributed by atoms with Gasteiger partial charge in [-0.05, 0) is 62.4 Å². The summed E-state index contributed by atoms with van der Waals surface area (Å²) >= 11 is 12.1. The average Bonchev–Trinajstić information content (AvgIpc) is 2.65. The van der Waals surface area contributed by atoms with Crippen molar-refractivity contribution in [2.24, 2.45) is 0 Å². The van der Waals surface area contributed by atoms with Crippen molar-refractivity contribution >= 4 is 23.2 Å². The van der Waals surface area contributed by atoms with Crippen LogP contribution in [0, 0.1) is 6.92 Å². The molecule has 4 nitrogen and oxygen atoms in total. The van der Waals surface area contributed by atoms with Crippen molar-refractivity contribution in [1.29, 1.82) is 0 Å². The lowest BCUT2D eigenvalue weighted by molar-refractivity contribution is 0.462. The maximum atomic E-state index is 6.23. The maximum Gasteiger partial charge on any atom is 0.219 e. The highest BCUT2D eigenvalue weighted by molar-refractivity contribution is 6.31. The minimum absolute atomic E-state index is 0.569. The highest BCUT2D eigenvalue weighted by atomic mass is 35.5. The molecule has 0 amide bonds. The number of rotatable bonds is 7. The third-order valence-electron chi connectivity index (χ3n) is 4.00. The van der Waals surface area contributed by atoms with Crippen LogP contribution in [0.4, 0.5) is 0 Å². The van der Waals surface area contributed by atoms with Crippen LogP contribution in [0.2, 0.25) is 10.0 Å². The van der Waals surface area contributed by atoms with E-state index in [4.69, 9.17) is 27.9 Å². The van der Waals surface area contributed by atoms with E-state index in [-0.39, 0.29) is 0 Å². The number of hydrogen-bond acceptors (Lipinski definition) is 4. The molecule has 2 aromatic heterocycles. The summed E-state index contributed by atoms with van der Waals surface area (Å²) in [6, 6.07) is 11.1. The molecule has 3 aromatic rings. The summed E-state index contributed by atoms with van der Waals surface area (Å²) in [4.78, 5) is 12.7. The van der Waals surface area contributed by atoms with E-state index in [1.54, 1.807) is 18.5 Å². The van der Waals surface area contributed by atoms with Gasteiger partial charge < -0.3 is 4.74 Å². The van der Waals surface area contributed by atoms with E-state index < -0.39 is 0 Å². The Bertz CT molecular complexity index is 852. The molecule has 2 heterocycles. The van der Waals surface area contributed by atoms with Gasteiger partial charge in [0.05, 0.1) is 16.4 Å². The van der Waals surface area contributed by atoms with Crippen LogP contribution in [0.15, 0.2) is 48.9 Å². The Kier molecular flexibility index (Phi) is 6.42. The summed E-state index contributed by atoms with van der Waals surface area (Å²) in [5.74, 6) is 1.28. The zero-order valence-electron chi connectivity index (χ0n) is 14.5. The lowest BCUT2D eigenvalue weighted by Gasteiger charge is -2.07. The quantitative estimate of drug-likeness (QED) is 0.477. The predicted molar refractivity (Wildman–Crippen MR) is 104 cm³/mol. The first-order valence-electron chi connectivity index (χ1n) is 8.46. The number of halogens is 2. The minimum Gasteiger partial charge on any atom is -0.439 e. The van der Waals surface area contributed by atoms with Crippen LogP contribution in [-0.4, -0.2) is 15.0 Å². The molecule has 6 heteroatoms. The topological polar surface area (TPSA) is 47.9 Å². The fourth-order valence-corrected chi connectivity index (χ4v) is 2.86. The summed E-state index contributed by atoms with van der Waals surface area (Å²) in [6.07, 6.45) is 7.29. The Labute approximate surface area is 163 Å². The smallest absolute Gasteiger partial charge is 0.219 e. The molecule has 0 N–H and O–H groups in total. The van der Waals surface area contributed by atoms with Gasteiger partial charge in [-0.3, -0.25) is 0 Å². The van der Waals surface area contributed by atoms with Crippen LogP contribution in [-0.2, 0) is 12.8 Å². The SMILES string of the molecule is Cc1ncnc(CCCCc2ccc(Oc3ccc(Cl)cc3)nc2)c1Cl. The normalized spacial score (nSPS) is 10.7. The summed E-state index contributed by atoms with van der Waals surface area (Å²) in [5, 5.41) is 1.36. The van der Waals surface area contributed by atoms with Gasteiger partial charge in [0.25, 0.3) is 0 Å². The Morgan fingerprint density at radius 1 is 0.885 bits per heavy atom. The van der Waals surface area contributed by atoms with Gasteiger partial charge in [-0.25, -0.2) is 15.0 Å². The first-order valence-corrected chi connectivity index (χ1v) is 9.22. The van der Waals surface area contributed by atoms with Crippen LogP contribution < -0.4 is 4.74 Å². The molecule has 0 spiro atoms. The molecule has 1 aromatic carbocycles. The molecule has 0 aliphatic rings. The van der Waals surface area contributed by atoms with Gasteiger partial charge in [-0.1, -0.05) is 29.3 Å². The fraction of sp³-hybridized carbons (Fsp3) is 0.250. The average molecular weight is 388 g/mol. The van der Waals surface area contributed by atoms with Gasteiger partial charge >= 0.3 is 0 Å². The fourth-order valence-electron chi connectivity index (χ4n) is 2.55. The van der Waals surface area contributed by atoms with E-state index in [0.717, 1.165) is 37.1 Å². The molecule has 26 heavy (non-hydrogen) atoms. The molecule has 0 fully saturated rings. The number of hydrogen-bond donors (Lipinski definition) is 0. The summed E-state index contributed by atoms with van der Waals surface area (Å²) < 4.78 is 5.70. The summed E-state index contributed by atoms with van der Waals surface area (Å²) in [5.41, 5.74) is 2.93. The molecule has 0 bridgehead atoms. The molecule has 0 atom stereocenters. The zero-order valence-corrected chi connectivity index (χ0v) is 16.0. The molecule has 0 saturated heterocycles.